The van der Waals surface area contributed by atoms with Gasteiger partial charge in [0.1, 0.15) is 0 Å². The average Bonchev–Trinajstić information content (AvgIpc) is 2.44. The van der Waals surface area contributed by atoms with Gasteiger partial charge in [0.2, 0.25) is 0 Å². The van der Waals surface area contributed by atoms with Crippen LogP contribution in [0, 0.1) is 5.41 Å². The van der Waals surface area contributed by atoms with Crippen LogP contribution in [0.5, 0.6) is 0 Å². The lowest BCUT2D eigenvalue weighted by atomic mass is 9.74. The zero-order valence-electron chi connectivity index (χ0n) is 4.80. The van der Waals surface area contributed by atoms with Crippen molar-refractivity contribution in [2.45, 2.75) is 31.4 Å². The molecule has 3 N–H and O–H groups in total. The fraction of sp³-hybridized carbons (Fsp3) is 1.00. The second-order valence-corrected chi connectivity index (χ2v) is 3.09. The predicted octanol–water partition coefficient (Wildman–Crippen LogP) is -0.142. The molecule has 0 aliphatic heterocycles. The summed E-state index contributed by atoms with van der Waals surface area (Å²) in [6.07, 6.45) is 3.10. The third kappa shape index (κ3) is 0.327. The van der Waals surface area contributed by atoms with Gasteiger partial charge in [0.15, 0.2) is 0 Å². The maximum absolute atomic E-state index is 9.13. The van der Waals surface area contributed by atoms with E-state index in [0.717, 1.165) is 19.3 Å². The first-order valence-corrected chi connectivity index (χ1v) is 3.19. The molecule has 2 heteroatoms. The van der Waals surface area contributed by atoms with Gasteiger partial charge in [-0.2, -0.15) is 0 Å². The minimum absolute atomic E-state index is 0.0579. The normalized spacial score (nSPS) is 48.8. The molecule has 2 aliphatic carbocycles. The molecular formula is C6H11NO. The molecule has 0 saturated heterocycles. The Morgan fingerprint density at radius 3 is 2.25 bits per heavy atom. The van der Waals surface area contributed by atoms with E-state index in [9.17, 15) is 0 Å². The number of hydrogen-bond donors (Lipinski definition) is 2. The Hall–Kier alpha value is -0.0800. The highest BCUT2D eigenvalue weighted by atomic mass is 16.3. The van der Waals surface area contributed by atoms with E-state index < -0.39 is 0 Å². The molecule has 2 atom stereocenters. The zero-order valence-corrected chi connectivity index (χ0v) is 4.80. The Labute approximate surface area is 48.7 Å². The van der Waals surface area contributed by atoms with Crippen molar-refractivity contribution in [3.05, 3.63) is 0 Å². The number of aliphatic hydroxyl groups is 1. The van der Waals surface area contributed by atoms with Crippen molar-refractivity contribution in [2.24, 2.45) is 11.1 Å². The summed E-state index contributed by atoms with van der Waals surface area (Å²) in [6, 6.07) is 0.317. The van der Waals surface area contributed by atoms with Gasteiger partial charge in [-0.25, -0.2) is 0 Å². The summed E-state index contributed by atoms with van der Waals surface area (Å²) < 4.78 is 0. The van der Waals surface area contributed by atoms with Gasteiger partial charge in [-0.3, -0.25) is 0 Å². The van der Waals surface area contributed by atoms with E-state index in [2.05, 4.69) is 0 Å². The smallest absolute Gasteiger partial charge is 0.0626 e. The molecule has 2 nitrogen and oxygen atoms in total. The molecule has 2 rings (SSSR count). The quantitative estimate of drug-likeness (QED) is 0.459. The van der Waals surface area contributed by atoms with Gasteiger partial charge in [0, 0.05) is 11.5 Å². The summed E-state index contributed by atoms with van der Waals surface area (Å²) in [5.74, 6) is 0. The minimum atomic E-state index is -0.0579. The molecule has 2 unspecified atom stereocenters. The molecule has 0 amide bonds. The standard InChI is InChI=1S/C6H11NO/c7-4-3-5(8)6(4)1-2-6/h4-5,8H,1-3,7H2. The van der Waals surface area contributed by atoms with Crippen molar-refractivity contribution in [1.29, 1.82) is 0 Å². The van der Waals surface area contributed by atoms with Crippen molar-refractivity contribution in [2.75, 3.05) is 0 Å². The zero-order chi connectivity index (χ0) is 5.78. The molecule has 2 saturated carbocycles. The summed E-state index contributed by atoms with van der Waals surface area (Å²) in [4.78, 5) is 0. The maximum atomic E-state index is 9.13. The van der Waals surface area contributed by atoms with Crippen molar-refractivity contribution >= 4 is 0 Å². The molecule has 2 fully saturated rings. The molecule has 0 radical (unpaired) electrons. The number of aliphatic hydroxyl groups excluding tert-OH is 1. The van der Waals surface area contributed by atoms with E-state index in [4.69, 9.17) is 10.8 Å². The van der Waals surface area contributed by atoms with Crippen molar-refractivity contribution in [1.82, 2.24) is 0 Å². The molecule has 0 heterocycles. The molecule has 0 aromatic heterocycles. The van der Waals surface area contributed by atoms with Crippen LogP contribution >= 0.6 is 0 Å². The second kappa shape index (κ2) is 1.09. The van der Waals surface area contributed by atoms with Crippen LogP contribution in [0.4, 0.5) is 0 Å². The van der Waals surface area contributed by atoms with Gasteiger partial charge < -0.3 is 10.8 Å². The van der Waals surface area contributed by atoms with Crippen LogP contribution in [0.2, 0.25) is 0 Å². The summed E-state index contributed by atoms with van der Waals surface area (Å²) in [5, 5.41) is 9.13. The monoisotopic (exact) mass is 113 g/mol. The van der Waals surface area contributed by atoms with E-state index in [0.29, 0.717) is 6.04 Å². The molecule has 0 bridgehead atoms. The molecule has 0 aromatic carbocycles. The summed E-state index contributed by atoms with van der Waals surface area (Å²) in [6.45, 7) is 0. The Kier molecular flexibility index (Phi) is 0.649. The van der Waals surface area contributed by atoms with Gasteiger partial charge in [0.05, 0.1) is 6.10 Å². The Balaban J connectivity index is 2.11. The highest BCUT2D eigenvalue weighted by molar-refractivity contribution is 5.14. The van der Waals surface area contributed by atoms with Gasteiger partial charge in [-0.1, -0.05) is 0 Å². The van der Waals surface area contributed by atoms with E-state index in [-0.39, 0.29) is 11.5 Å². The fourth-order valence-electron chi connectivity index (χ4n) is 1.64. The average molecular weight is 113 g/mol. The van der Waals surface area contributed by atoms with Gasteiger partial charge in [-0.15, -0.1) is 0 Å². The third-order valence-corrected chi connectivity index (χ3v) is 2.71. The first kappa shape index (κ1) is 4.77. The van der Waals surface area contributed by atoms with Crippen LogP contribution in [0.25, 0.3) is 0 Å². The topological polar surface area (TPSA) is 46.2 Å². The number of hydrogen-bond acceptors (Lipinski definition) is 2. The van der Waals surface area contributed by atoms with Crippen LogP contribution in [0.15, 0.2) is 0 Å². The molecule has 8 heavy (non-hydrogen) atoms. The highest BCUT2D eigenvalue weighted by Crippen LogP contribution is 2.59. The largest absolute Gasteiger partial charge is 0.392 e. The summed E-state index contributed by atoms with van der Waals surface area (Å²) in [5.41, 5.74) is 5.87. The SMILES string of the molecule is NC1CC(O)C12CC2. The molecule has 46 valence electrons. The molecule has 1 spiro atoms. The first-order valence-electron chi connectivity index (χ1n) is 3.19. The van der Waals surface area contributed by atoms with E-state index in [1.165, 1.54) is 0 Å². The van der Waals surface area contributed by atoms with E-state index in [1.807, 2.05) is 0 Å². The second-order valence-electron chi connectivity index (χ2n) is 3.09. The molecule has 2 aliphatic rings. The van der Waals surface area contributed by atoms with Crippen LogP contribution in [0.3, 0.4) is 0 Å². The highest BCUT2D eigenvalue weighted by Gasteiger charge is 2.60. The van der Waals surface area contributed by atoms with Crippen molar-refractivity contribution in [3.8, 4) is 0 Å². The van der Waals surface area contributed by atoms with Gasteiger partial charge >= 0.3 is 0 Å². The van der Waals surface area contributed by atoms with Gasteiger partial charge in [0.25, 0.3) is 0 Å². The maximum Gasteiger partial charge on any atom is 0.0626 e. The first-order chi connectivity index (χ1) is 3.76. The molecule has 0 aromatic rings. The predicted molar refractivity (Wildman–Crippen MR) is 30.3 cm³/mol. The summed E-state index contributed by atoms with van der Waals surface area (Å²) >= 11 is 0. The number of nitrogens with two attached hydrogens (primary N) is 1. The van der Waals surface area contributed by atoms with E-state index in [1.54, 1.807) is 0 Å². The Morgan fingerprint density at radius 2 is 2.12 bits per heavy atom. The lowest BCUT2D eigenvalue weighted by molar-refractivity contribution is -0.0143. The van der Waals surface area contributed by atoms with Crippen LogP contribution in [0.1, 0.15) is 19.3 Å². The van der Waals surface area contributed by atoms with Crippen LogP contribution in [-0.2, 0) is 0 Å². The Bertz CT molecular complexity index is 110. The number of rotatable bonds is 0. The van der Waals surface area contributed by atoms with Crippen molar-refractivity contribution < 1.29 is 5.11 Å². The summed E-state index contributed by atoms with van der Waals surface area (Å²) in [7, 11) is 0. The van der Waals surface area contributed by atoms with Crippen molar-refractivity contribution in [3.63, 3.8) is 0 Å². The fourth-order valence-corrected chi connectivity index (χ4v) is 1.64. The minimum Gasteiger partial charge on any atom is -0.392 e. The van der Waals surface area contributed by atoms with E-state index >= 15 is 0 Å². The lowest BCUT2D eigenvalue weighted by Gasteiger charge is -2.39. The van der Waals surface area contributed by atoms with Crippen LogP contribution < -0.4 is 5.73 Å². The Morgan fingerprint density at radius 1 is 1.50 bits per heavy atom. The van der Waals surface area contributed by atoms with Gasteiger partial charge in [-0.05, 0) is 19.3 Å². The van der Waals surface area contributed by atoms with Crippen LogP contribution in [-0.4, -0.2) is 17.3 Å². The third-order valence-electron chi connectivity index (χ3n) is 2.71. The lowest BCUT2D eigenvalue weighted by Crippen LogP contribution is -2.52. The molecular weight excluding hydrogens is 102 g/mol.